The number of rotatable bonds is 3. The zero-order valence-corrected chi connectivity index (χ0v) is 10.7. The zero-order chi connectivity index (χ0) is 12.5. The molecule has 92 valence electrons. The Balaban J connectivity index is 2.14. The first-order valence-electron chi connectivity index (χ1n) is 5.97. The van der Waals surface area contributed by atoms with E-state index in [0.717, 1.165) is 24.2 Å². The summed E-state index contributed by atoms with van der Waals surface area (Å²) in [7, 11) is 1.68. The smallest absolute Gasteiger partial charge is 0.220 e. The summed E-state index contributed by atoms with van der Waals surface area (Å²) in [5, 5.41) is 3.06. The molecule has 3 nitrogen and oxygen atoms in total. The summed E-state index contributed by atoms with van der Waals surface area (Å²) >= 11 is 0. The minimum Gasteiger partial charge on any atom is -0.496 e. The molecule has 17 heavy (non-hydrogen) atoms. The van der Waals surface area contributed by atoms with Gasteiger partial charge in [0.05, 0.1) is 7.11 Å². The number of carbonyl (C=O) groups excluding carboxylic acids is 1. The van der Waals surface area contributed by atoms with Gasteiger partial charge in [0.25, 0.3) is 0 Å². The van der Waals surface area contributed by atoms with Gasteiger partial charge < -0.3 is 10.1 Å². The number of methoxy groups -OCH3 is 1. The molecule has 0 aliphatic carbocycles. The minimum absolute atomic E-state index is 0.0852. The van der Waals surface area contributed by atoms with Crippen LogP contribution in [-0.4, -0.2) is 18.6 Å². The van der Waals surface area contributed by atoms with Crippen molar-refractivity contribution in [3.05, 3.63) is 29.3 Å². The van der Waals surface area contributed by atoms with Crippen molar-refractivity contribution in [2.24, 2.45) is 0 Å². The molecular weight excluding hydrogens is 214 g/mol. The lowest BCUT2D eigenvalue weighted by Gasteiger charge is -2.24. The molecule has 1 heterocycles. The molecule has 1 aromatic carbocycles. The monoisotopic (exact) mass is 233 g/mol. The molecule has 0 bridgehead atoms. The Bertz CT molecular complexity index is 442. The van der Waals surface area contributed by atoms with E-state index in [0.29, 0.717) is 6.42 Å². The quantitative estimate of drug-likeness (QED) is 0.869. The van der Waals surface area contributed by atoms with Crippen LogP contribution in [0.5, 0.6) is 5.75 Å². The molecule has 0 radical (unpaired) electrons. The highest BCUT2D eigenvalue weighted by atomic mass is 16.5. The third-order valence-electron chi connectivity index (χ3n) is 3.40. The second-order valence-electron chi connectivity index (χ2n) is 5.09. The van der Waals surface area contributed by atoms with Crippen molar-refractivity contribution in [2.75, 3.05) is 7.11 Å². The van der Waals surface area contributed by atoms with Crippen molar-refractivity contribution in [1.82, 2.24) is 5.32 Å². The lowest BCUT2D eigenvalue weighted by Crippen LogP contribution is -2.40. The van der Waals surface area contributed by atoms with Crippen molar-refractivity contribution < 1.29 is 9.53 Å². The van der Waals surface area contributed by atoms with Crippen LogP contribution in [0, 0.1) is 6.92 Å². The second-order valence-corrected chi connectivity index (χ2v) is 5.09. The van der Waals surface area contributed by atoms with E-state index in [1.807, 2.05) is 13.0 Å². The lowest BCUT2D eigenvalue weighted by atomic mass is 9.91. The Morgan fingerprint density at radius 2 is 2.24 bits per heavy atom. The first kappa shape index (κ1) is 12.0. The maximum Gasteiger partial charge on any atom is 0.220 e. The van der Waals surface area contributed by atoms with Gasteiger partial charge in [-0.3, -0.25) is 4.79 Å². The number of benzene rings is 1. The van der Waals surface area contributed by atoms with Crippen molar-refractivity contribution in [3.8, 4) is 5.75 Å². The van der Waals surface area contributed by atoms with E-state index in [1.165, 1.54) is 5.56 Å². The third kappa shape index (κ3) is 2.60. The fraction of sp³-hybridized carbons (Fsp3) is 0.500. The van der Waals surface area contributed by atoms with Crippen LogP contribution in [-0.2, 0) is 11.2 Å². The maximum atomic E-state index is 11.3. The molecule has 1 unspecified atom stereocenters. The Morgan fingerprint density at radius 1 is 1.47 bits per heavy atom. The normalized spacial score (nSPS) is 23.6. The first-order chi connectivity index (χ1) is 8.02. The standard InChI is InChI=1S/C14H19NO2/c1-10-8-11(4-5-12(10)17-3)9-14(2)7-6-13(16)15-14/h4-5,8H,6-7,9H2,1-3H3,(H,15,16). The Labute approximate surface area is 102 Å². The number of carbonyl (C=O) groups is 1. The van der Waals surface area contributed by atoms with E-state index >= 15 is 0 Å². The van der Waals surface area contributed by atoms with Crippen LogP contribution >= 0.6 is 0 Å². The first-order valence-corrected chi connectivity index (χ1v) is 5.97. The van der Waals surface area contributed by atoms with E-state index in [2.05, 4.69) is 24.4 Å². The van der Waals surface area contributed by atoms with Crippen molar-refractivity contribution >= 4 is 5.91 Å². The van der Waals surface area contributed by atoms with E-state index < -0.39 is 0 Å². The third-order valence-corrected chi connectivity index (χ3v) is 3.40. The summed E-state index contributed by atoms with van der Waals surface area (Å²) in [5.41, 5.74) is 2.30. The van der Waals surface area contributed by atoms with E-state index in [9.17, 15) is 4.79 Å². The van der Waals surface area contributed by atoms with Crippen LogP contribution in [0.4, 0.5) is 0 Å². The van der Waals surface area contributed by atoms with Gasteiger partial charge in [0.1, 0.15) is 5.75 Å². The number of nitrogens with one attached hydrogen (secondary N) is 1. The van der Waals surface area contributed by atoms with Crippen molar-refractivity contribution in [2.45, 2.75) is 38.6 Å². The molecule has 0 saturated carbocycles. The van der Waals surface area contributed by atoms with Crippen molar-refractivity contribution in [3.63, 3.8) is 0 Å². The number of hydrogen-bond acceptors (Lipinski definition) is 2. The molecule has 1 saturated heterocycles. The maximum absolute atomic E-state index is 11.3. The SMILES string of the molecule is COc1ccc(CC2(C)CCC(=O)N2)cc1C. The number of aryl methyl sites for hydroxylation is 1. The molecule has 1 aliphatic rings. The highest BCUT2D eigenvalue weighted by molar-refractivity contribution is 5.79. The number of ether oxygens (including phenoxy) is 1. The topological polar surface area (TPSA) is 38.3 Å². The molecule has 0 aromatic heterocycles. The van der Waals surface area contributed by atoms with Gasteiger partial charge in [-0.05, 0) is 43.9 Å². The molecule has 1 fully saturated rings. The summed E-state index contributed by atoms with van der Waals surface area (Å²) in [6.45, 7) is 4.15. The molecule has 1 atom stereocenters. The average molecular weight is 233 g/mol. The zero-order valence-electron chi connectivity index (χ0n) is 10.7. The lowest BCUT2D eigenvalue weighted by molar-refractivity contribution is -0.119. The van der Waals surface area contributed by atoms with Crippen LogP contribution in [0.25, 0.3) is 0 Å². The largest absolute Gasteiger partial charge is 0.496 e. The van der Waals surface area contributed by atoms with E-state index in [1.54, 1.807) is 7.11 Å². The highest BCUT2D eigenvalue weighted by Gasteiger charge is 2.32. The van der Waals surface area contributed by atoms with E-state index in [4.69, 9.17) is 4.74 Å². The summed E-state index contributed by atoms with van der Waals surface area (Å²) in [6.07, 6.45) is 2.44. The van der Waals surface area contributed by atoms with Crippen LogP contribution in [0.15, 0.2) is 18.2 Å². The van der Waals surface area contributed by atoms with Gasteiger partial charge in [-0.1, -0.05) is 12.1 Å². The molecule has 0 spiro atoms. The Hall–Kier alpha value is -1.51. The molecule has 1 amide bonds. The summed E-state index contributed by atoms with van der Waals surface area (Å²) in [5.74, 6) is 1.08. The predicted molar refractivity (Wildman–Crippen MR) is 67.2 cm³/mol. The Kier molecular flexibility index (Phi) is 3.09. The van der Waals surface area contributed by atoms with Gasteiger partial charge in [-0.2, -0.15) is 0 Å². The van der Waals surface area contributed by atoms with Gasteiger partial charge in [-0.15, -0.1) is 0 Å². The van der Waals surface area contributed by atoms with Gasteiger partial charge in [-0.25, -0.2) is 0 Å². The summed E-state index contributed by atoms with van der Waals surface area (Å²) in [4.78, 5) is 11.3. The van der Waals surface area contributed by atoms with Crippen LogP contribution < -0.4 is 10.1 Å². The second kappa shape index (κ2) is 4.40. The van der Waals surface area contributed by atoms with Gasteiger partial charge in [0.15, 0.2) is 0 Å². The average Bonchev–Trinajstić information content (AvgIpc) is 2.58. The summed E-state index contributed by atoms with van der Waals surface area (Å²) in [6, 6.07) is 6.20. The van der Waals surface area contributed by atoms with Gasteiger partial charge in [0.2, 0.25) is 5.91 Å². The number of amides is 1. The molecule has 1 aliphatic heterocycles. The summed E-state index contributed by atoms with van der Waals surface area (Å²) < 4.78 is 5.24. The molecular formula is C14H19NO2. The fourth-order valence-electron chi connectivity index (χ4n) is 2.48. The van der Waals surface area contributed by atoms with Crippen LogP contribution in [0.3, 0.4) is 0 Å². The molecule has 1 aromatic rings. The molecule has 1 N–H and O–H groups in total. The van der Waals surface area contributed by atoms with Gasteiger partial charge >= 0.3 is 0 Å². The highest BCUT2D eigenvalue weighted by Crippen LogP contribution is 2.26. The predicted octanol–water partition coefficient (Wildman–Crippen LogP) is 2.21. The minimum atomic E-state index is -0.0852. The van der Waals surface area contributed by atoms with Crippen molar-refractivity contribution in [1.29, 1.82) is 0 Å². The Morgan fingerprint density at radius 3 is 2.76 bits per heavy atom. The van der Waals surface area contributed by atoms with E-state index in [-0.39, 0.29) is 11.4 Å². The number of hydrogen-bond donors (Lipinski definition) is 1. The van der Waals surface area contributed by atoms with Crippen LogP contribution in [0.2, 0.25) is 0 Å². The molecule has 3 heteroatoms. The van der Waals surface area contributed by atoms with Gasteiger partial charge in [0, 0.05) is 12.0 Å². The fourth-order valence-corrected chi connectivity index (χ4v) is 2.48. The molecule has 2 rings (SSSR count). The van der Waals surface area contributed by atoms with Crippen LogP contribution in [0.1, 0.15) is 30.9 Å².